The van der Waals surface area contributed by atoms with Crippen LogP contribution in [0.25, 0.3) is 0 Å². The van der Waals surface area contributed by atoms with Crippen LogP contribution in [0.2, 0.25) is 0 Å². The van der Waals surface area contributed by atoms with Gasteiger partial charge in [0.25, 0.3) is 5.91 Å². The number of rotatable bonds is 7. The monoisotopic (exact) mass is 528 g/mol. The maximum absolute atomic E-state index is 13.1. The molecular formula is C26H28N2O10. The second-order valence-corrected chi connectivity index (χ2v) is 8.45. The van der Waals surface area contributed by atoms with Gasteiger partial charge in [0, 0.05) is 26.1 Å². The number of hydrogen-bond donors (Lipinski definition) is 1. The van der Waals surface area contributed by atoms with E-state index in [4.69, 9.17) is 23.7 Å². The van der Waals surface area contributed by atoms with Gasteiger partial charge in [-0.05, 0) is 18.9 Å². The number of aromatic nitrogens is 1. The summed E-state index contributed by atoms with van der Waals surface area (Å²) in [4.78, 5) is 66.5. The van der Waals surface area contributed by atoms with Gasteiger partial charge >= 0.3 is 23.9 Å². The van der Waals surface area contributed by atoms with Crippen molar-refractivity contribution >= 4 is 29.8 Å². The summed E-state index contributed by atoms with van der Waals surface area (Å²) in [7, 11) is 1.31. The number of nitrogens with one attached hydrogen (secondary N) is 1. The van der Waals surface area contributed by atoms with E-state index >= 15 is 0 Å². The number of hydrogen-bond acceptors (Lipinski definition) is 11. The molecule has 0 aliphatic carbocycles. The lowest BCUT2D eigenvalue weighted by Gasteiger charge is -2.28. The van der Waals surface area contributed by atoms with Crippen LogP contribution >= 0.6 is 0 Å². The zero-order chi connectivity index (χ0) is 27.8. The van der Waals surface area contributed by atoms with E-state index in [1.807, 2.05) is 6.07 Å². The van der Waals surface area contributed by atoms with Gasteiger partial charge in [-0.2, -0.15) is 0 Å². The molecule has 2 heterocycles. The molecule has 1 aromatic heterocycles. The third-order valence-electron chi connectivity index (χ3n) is 5.60. The average Bonchev–Trinajstić information content (AvgIpc) is 2.90. The first-order valence-corrected chi connectivity index (χ1v) is 11.7. The number of ether oxygens (including phenoxy) is 5. The van der Waals surface area contributed by atoms with Crippen LogP contribution in [0.15, 0.2) is 42.6 Å². The molecule has 202 valence electrons. The molecule has 1 amide bonds. The Balaban J connectivity index is 1.87. The summed E-state index contributed by atoms with van der Waals surface area (Å²) in [5.74, 6) is -5.18. The van der Waals surface area contributed by atoms with Gasteiger partial charge < -0.3 is 29.0 Å². The van der Waals surface area contributed by atoms with Crippen molar-refractivity contribution in [3.63, 3.8) is 0 Å². The normalized spacial score (nSPS) is 21.5. The molecule has 2 aromatic rings. The number of pyridine rings is 1. The molecule has 38 heavy (non-hydrogen) atoms. The summed E-state index contributed by atoms with van der Waals surface area (Å²) in [5, 5.41) is 2.40. The fourth-order valence-corrected chi connectivity index (χ4v) is 3.89. The average molecular weight is 529 g/mol. The summed E-state index contributed by atoms with van der Waals surface area (Å²) in [5.41, 5.74) is 0.433. The second-order valence-electron chi connectivity index (χ2n) is 8.45. The molecule has 1 aliphatic heterocycles. The quantitative estimate of drug-likeness (QED) is 0.409. The molecule has 1 aromatic carbocycles. The van der Waals surface area contributed by atoms with E-state index in [0.717, 1.165) is 12.5 Å². The lowest BCUT2D eigenvalue weighted by Crippen LogP contribution is -2.46. The highest BCUT2D eigenvalue weighted by Crippen LogP contribution is 2.30. The Morgan fingerprint density at radius 2 is 1.76 bits per heavy atom. The smallest absolute Gasteiger partial charge is 0.332 e. The molecule has 0 spiro atoms. The fourth-order valence-electron chi connectivity index (χ4n) is 3.89. The predicted molar refractivity (Wildman–Crippen MR) is 129 cm³/mol. The summed E-state index contributed by atoms with van der Waals surface area (Å²) < 4.78 is 26.5. The third-order valence-corrected chi connectivity index (χ3v) is 5.60. The highest BCUT2D eigenvalue weighted by molar-refractivity contribution is 5.98. The number of nitrogens with zero attached hydrogens (tertiary/aromatic N) is 1. The van der Waals surface area contributed by atoms with E-state index in [0.29, 0.717) is 0 Å². The first-order chi connectivity index (χ1) is 18.1. The van der Waals surface area contributed by atoms with Gasteiger partial charge in [-0.1, -0.05) is 30.3 Å². The first kappa shape index (κ1) is 28.1. The van der Waals surface area contributed by atoms with Crippen molar-refractivity contribution in [2.24, 2.45) is 5.92 Å². The molecule has 12 heteroatoms. The van der Waals surface area contributed by atoms with Gasteiger partial charge in [0.2, 0.25) is 5.75 Å². The Bertz CT molecular complexity index is 1200. The van der Waals surface area contributed by atoms with Crippen molar-refractivity contribution in [1.29, 1.82) is 0 Å². The van der Waals surface area contributed by atoms with Crippen LogP contribution in [0.5, 0.6) is 11.5 Å². The number of carbonyl (C=O) groups excluding carboxylic acids is 5. The molecular weight excluding hydrogens is 500 g/mol. The Morgan fingerprint density at radius 3 is 2.39 bits per heavy atom. The molecule has 1 fully saturated rings. The molecule has 3 rings (SSSR count). The van der Waals surface area contributed by atoms with Gasteiger partial charge in [-0.25, -0.2) is 9.78 Å². The second kappa shape index (κ2) is 12.7. The molecule has 1 N–H and O–H groups in total. The molecule has 4 atom stereocenters. The van der Waals surface area contributed by atoms with Crippen molar-refractivity contribution in [1.82, 2.24) is 10.3 Å². The molecule has 12 nitrogen and oxygen atoms in total. The Kier molecular flexibility index (Phi) is 9.36. The van der Waals surface area contributed by atoms with Gasteiger partial charge in [0.05, 0.1) is 7.11 Å². The summed E-state index contributed by atoms with van der Waals surface area (Å²) in [6, 6.07) is 8.94. The highest BCUT2D eigenvalue weighted by atomic mass is 16.6. The van der Waals surface area contributed by atoms with Crippen LogP contribution in [-0.4, -0.2) is 66.7 Å². The summed E-state index contributed by atoms with van der Waals surface area (Å²) >= 11 is 0. The maximum atomic E-state index is 13.1. The van der Waals surface area contributed by atoms with Crippen LogP contribution in [0.4, 0.5) is 0 Å². The standard InChI is InChI=1S/C26H28N2O10/c1-14-22(37-15(2)29)18(12-17-8-6-5-7-9-17)25(32)35-13-19(26(33)36-14)28-24(31)21-23(38-16(3)30)20(34-4)10-11-27-21/h5-11,14,18-19,22H,12-13H2,1-4H3,(H,28,31). The number of amides is 1. The van der Waals surface area contributed by atoms with E-state index in [9.17, 15) is 24.0 Å². The molecule has 0 saturated carbocycles. The van der Waals surface area contributed by atoms with Gasteiger partial charge in [-0.3, -0.25) is 19.2 Å². The maximum Gasteiger partial charge on any atom is 0.332 e. The summed E-state index contributed by atoms with van der Waals surface area (Å²) in [6.45, 7) is 3.22. The molecule has 0 bridgehead atoms. The topological polar surface area (TPSA) is 156 Å². The van der Waals surface area contributed by atoms with E-state index < -0.39 is 60.6 Å². The van der Waals surface area contributed by atoms with E-state index in [1.165, 1.54) is 33.2 Å². The minimum Gasteiger partial charge on any atom is -0.493 e. The zero-order valence-corrected chi connectivity index (χ0v) is 21.3. The van der Waals surface area contributed by atoms with Crippen molar-refractivity contribution in [2.45, 2.75) is 45.4 Å². The van der Waals surface area contributed by atoms with Gasteiger partial charge in [0.15, 0.2) is 23.6 Å². The predicted octanol–water partition coefficient (Wildman–Crippen LogP) is 1.39. The summed E-state index contributed by atoms with van der Waals surface area (Å²) in [6.07, 6.45) is -0.802. The minimum atomic E-state index is -1.44. The zero-order valence-electron chi connectivity index (χ0n) is 21.3. The van der Waals surface area contributed by atoms with Crippen molar-refractivity contribution in [3.8, 4) is 11.5 Å². The van der Waals surface area contributed by atoms with Gasteiger partial charge in [-0.15, -0.1) is 0 Å². The number of carbonyl (C=O) groups is 5. The Labute approximate surface area is 218 Å². The van der Waals surface area contributed by atoms with Crippen LogP contribution in [0.3, 0.4) is 0 Å². The van der Waals surface area contributed by atoms with E-state index in [2.05, 4.69) is 10.3 Å². The third kappa shape index (κ3) is 7.05. The fraction of sp³-hybridized carbons (Fsp3) is 0.385. The van der Waals surface area contributed by atoms with E-state index in [1.54, 1.807) is 24.3 Å². The number of benzene rings is 1. The minimum absolute atomic E-state index is 0.0606. The number of esters is 4. The lowest BCUT2D eigenvalue weighted by molar-refractivity contribution is -0.173. The van der Waals surface area contributed by atoms with Crippen molar-refractivity contribution < 1.29 is 47.7 Å². The molecule has 1 saturated heterocycles. The van der Waals surface area contributed by atoms with Crippen LogP contribution in [0, 0.1) is 5.92 Å². The Hall–Kier alpha value is -4.48. The van der Waals surface area contributed by atoms with E-state index in [-0.39, 0.29) is 23.6 Å². The SMILES string of the molecule is COc1ccnc(C(=O)NC2COC(=O)C(Cc3ccccc3)C(OC(C)=O)C(C)OC2=O)c1OC(C)=O. The highest BCUT2D eigenvalue weighted by Gasteiger charge is 2.41. The van der Waals surface area contributed by atoms with Crippen LogP contribution < -0.4 is 14.8 Å². The van der Waals surface area contributed by atoms with Crippen LogP contribution in [0.1, 0.15) is 36.8 Å². The molecule has 1 aliphatic rings. The number of cyclic esters (lactones) is 2. The van der Waals surface area contributed by atoms with Crippen molar-refractivity contribution in [3.05, 3.63) is 53.9 Å². The molecule has 4 unspecified atom stereocenters. The first-order valence-electron chi connectivity index (χ1n) is 11.7. The van der Waals surface area contributed by atoms with Crippen molar-refractivity contribution in [2.75, 3.05) is 13.7 Å². The molecule has 0 radical (unpaired) electrons. The lowest BCUT2D eigenvalue weighted by atomic mass is 9.91. The van der Waals surface area contributed by atoms with Gasteiger partial charge in [0.1, 0.15) is 18.6 Å². The van der Waals surface area contributed by atoms with Crippen LogP contribution in [-0.2, 0) is 39.8 Å². The number of methoxy groups -OCH3 is 1. The Morgan fingerprint density at radius 1 is 1.05 bits per heavy atom. The largest absolute Gasteiger partial charge is 0.493 e.